The second-order valence-corrected chi connectivity index (χ2v) is 7.35. The fourth-order valence-electron chi connectivity index (χ4n) is 2.90. The molecule has 28 heavy (non-hydrogen) atoms. The van der Waals surface area contributed by atoms with E-state index in [0.717, 1.165) is 22.2 Å². The van der Waals surface area contributed by atoms with E-state index in [-0.39, 0.29) is 29.7 Å². The monoisotopic (exact) mass is 402 g/mol. The number of carbonyl (C=O) groups is 3. The summed E-state index contributed by atoms with van der Waals surface area (Å²) in [7, 11) is 0. The van der Waals surface area contributed by atoms with Crippen LogP contribution < -0.4 is 5.32 Å². The van der Waals surface area contributed by atoms with E-state index in [1.165, 1.54) is 24.3 Å². The Labute approximate surface area is 165 Å². The van der Waals surface area contributed by atoms with Gasteiger partial charge in [-0.2, -0.15) is 0 Å². The van der Waals surface area contributed by atoms with Crippen molar-refractivity contribution in [2.45, 2.75) is 20.8 Å². The molecular formula is C20H19FN2O4S. The van der Waals surface area contributed by atoms with E-state index in [4.69, 9.17) is 4.42 Å². The van der Waals surface area contributed by atoms with E-state index in [1.54, 1.807) is 26.8 Å². The van der Waals surface area contributed by atoms with Crippen LogP contribution in [-0.2, 0) is 4.79 Å². The number of imide groups is 1. The van der Waals surface area contributed by atoms with Gasteiger partial charge in [0.05, 0.1) is 10.5 Å². The van der Waals surface area contributed by atoms with Gasteiger partial charge in [-0.15, -0.1) is 0 Å². The molecule has 0 aliphatic carbocycles. The molecule has 0 atom stereocenters. The number of aryl methyl sites for hydroxylation is 2. The van der Waals surface area contributed by atoms with Gasteiger partial charge in [-0.25, -0.2) is 4.39 Å². The lowest BCUT2D eigenvalue weighted by molar-refractivity contribution is -0.122. The summed E-state index contributed by atoms with van der Waals surface area (Å²) in [5, 5.41) is 2.31. The highest BCUT2D eigenvalue weighted by Gasteiger charge is 2.34. The van der Waals surface area contributed by atoms with Crippen LogP contribution in [0.5, 0.6) is 0 Å². The number of hydrogen-bond acceptors (Lipinski definition) is 5. The fraction of sp³-hybridized carbons (Fsp3) is 0.250. The van der Waals surface area contributed by atoms with Crippen LogP contribution >= 0.6 is 11.8 Å². The molecule has 6 nitrogen and oxygen atoms in total. The molecule has 1 aliphatic heterocycles. The van der Waals surface area contributed by atoms with Gasteiger partial charge in [-0.05, 0) is 56.3 Å². The second kappa shape index (κ2) is 8.02. The molecule has 146 valence electrons. The maximum Gasteiger partial charge on any atom is 0.293 e. The third-order valence-electron chi connectivity index (χ3n) is 4.45. The van der Waals surface area contributed by atoms with Gasteiger partial charge < -0.3 is 9.73 Å². The molecule has 0 bridgehead atoms. The Hall–Kier alpha value is -2.87. The first-order valence-corrected chi connectivity index (χ1v) is 9.45. The Morgan fingerprint density at radius 3 is 2.46 bits per heavy atom. The van der Waals surface area contributed by atoms with Crippen molar-refractivity contribution in [2.75, 3.05) is 13.1 Å². The van der Waals surface area contributed by atoms with E-state index < -0.39 is 11.1 Å². The van der Waals surface area contributed by atoms with Crippen LogP contribution in [0, 0.1) is 26.6 Å². The first-order chi connectivity index (χ1) is 13.3. The van der Waals surface area contributed by atoms with Crippen molar-refractivity contribution in [1.82, 2.24) is 10.2 Å². The zero-order valence-electron chi connectivity index (χ0n) is 15.7. The van der Waals surface area contributed by atoms with E-state index >= 15 is 0 Å². The smallest absolute Gasteiger partial charge is 0.293 e. The molecule has 3 rings (SSSR count). The summed E-state index contributed by atoms with van der Waals surface area (Å²) in [6.07, 6.45) is 1.55. The number of nitrogens with zero attached hydrogens (tertiary/aromatic N) is 1. The molecule has 2 heterocycles. The summed E-state index contributed by atoms with van der Waals surface area (Å²) in [4.78, 5) is 38.3. The first kappa shape index (κ1) is 19.9. The van der Waals surface area contributed by atoms with E-state index in [0.29, 0.717) is 22.6 Å². The normalized spacial score (nSPS) is 15.6. The van der Waals surface area contributed by atoms with Crippen LogP contribution in [-0.4, -0.2) is 35.0 Å². The highest BCUT2D eigenvalue weighted by atomic mass is 32.2. The minimum absolute atomic E-state index is 0.0616. The molecule has 1 saturated heterocycles. The number of hydrogen-bond donors (Lipinski definition) is 1. The van der Waals surface area contributed by atoms with Gasteiger partial charge in [0.25, 0.3) is 17.1 Å². The van der Waals surface area contributed by atoms with Crippen LogP contribution in [0.3, 0.4) is 0 Å². The van der Waals surface area contributed by atoms with E-state index in [2.05, 4.69) is 5.32 Å². The maximum absolute atomic E-state index is 13.0. The Bertz CT molecular complexity index is 979. The molecular weight excluding hydrogens is 383 g/mol. The lowest BCUT2D eigenvalue weighted by Gasteiger charge is -2.13. The molecule has 0 unspecified atom stereocenters. The Kier molecular flexibility index (Phi) is 5.69. The van der Waals surface area contributed by atoms with Crippen molar-refractivity contribution in [3.05, 3.63) is 63.2 Å². The van der Waals surface area contributed by atoms with Crippen molar-refractivity contribution >= 4 is 34.9 Å². The summed E-state index contributed by atoms with van der Waals surface area (Å²) >= 11 is 0.821. The van der Waals surface area contributed by atoms with Crippen LogP contribution in [0.1, 0.15) is 33.0 Å². The number of benzene rings is 1. The third-order valence-corrected chi connectivity index (χ3v) is 5.36. The third kappa shape index (κ3) is 4.01. The zero-order chi connectivity index (χ0) is 20.4. The largest absolute Gasteiger partial charge is 0.466 e. The highest BCUT2D eigenvalue weighted by molar-refractivity contribution is 8.18. The Morgan fingerprint density at radius 2 is 1.86 bits per heavy atom. The van der Waals surface area contributed by atoms with E-state index in [1.807, 2.05) is 0 Å². The highest BCUT2D eigenvalue weighted by Crippen LogP contribution is 2.32. The number of halogens is 1. The van der Waals surface area contributed by atoms with Gasteiger partial charge >= 0.3 is 0 Å². The van der Waals surface area contributed by atoms with Gasteiger partial charge in [-0.3, -0.25) is 19.3 Å². The number of amides is 3. The van der Waals surface area contributed by atoms with Gasteiger partial charge in [0.15, 0.2) is 0 Å². The van der Waals surface area contributed by atoms with Crippen LogP contribution in [0.25, 0.3) is 6.08 Å². The summed E-state index contributed by atoms with van der Waals surface area (Å²) in [6, 6.07) is 5.63. The van der Waals surface area contributed by atoms with Crippen LogP contribution in [0.15, 0.2) is 33.6 Å². The van der Waals surface area contributed by atoms with Crippen molar-refractivity contribution in [2.24, 2.45) is 0 Å². The lowest BCUT2D eigenvalue weighted by atomic mass is 10.1. The quantitative estimate of drug-likeness (QED) is 0.770. The van der Waals surface area contributed by atoms with Crippen LogP contribution in [0.2, 0.25) is 0 Å². The lowest BCUT2D eigenvalue weighted by Crippen LogP contribution is -2.37. The van der Waals surface area contributed by atoms with Gasteiger partial charge in [-0.1, -0.05) is 12.1 Å². The molecule has 8 heteroatoms. The number of rotatable bonds is 5. The zero-order valence-corrected chi connectivity index (χ0v) is 16.5. The maximum atomic E-state index is 13.0. The van der Waals surface area contributed by atoms with Crippen molar-refractivity contribution in [3.8, 4) is 0 Å². The number of nitrogens with one attached hydrogen (secondary N) is 1. The molecule has 1 aromatic heterocycles. The number of carbonyl (C=O) groups excluding carboxylic acids is 3. The van der Waals surface area contributed by atoms with Gasteiger partial charge in [0, 0.05) is 18.7 Å². The topological polar surface area (TPSA) is 79.6 Å². The molecule has 1 fully saturated rings. The molecule has 1 N–H and O–H groups in total. The van der Waals surface area contributed by atoms with Crippen LogP contribution in [0.4, 0.5) is 9.18 Å². The minimum atomic E-state index is -0.430. The first-order valence-electron chi connectivity index (χ1n) is 8.63. The molecule has 0 radical (unpaired) electrons. The Morgan fingerprint density at radius 1 is 1.18 bits per heavy atom. The molecule has 0 saturated carbocycles. The van der Waals surface area contributed by atoms with Gasteiger partial charge in [0.1, 0.15) is 17.3 Å². The predicted octanol–water partition coefficient (Wildman–Crippen LogP) is 3.81. The number of thioether (sulfide) groups is 1. The summed E-state index contributed by atoms with van der Waals surface area (Å²) in [5.41, 5.74) is 1.87. The SMILES string of the molecule is Cc1oc(C)c(C(=O)NCCN2C(=O)S/C(=C\c3ccc(F)cc3)C2=O)c1C. The Balaban J connectivity index is 1.62. The van der Waals surface area contributed by atoms with Crippen molar-refractivity contribution < 1.29 is 23.2 Å². The minimum Gasteiger partial charge on any atom is -0.466 e. The van der Waals surface area contributed by atoms with Crippen molar-refractivity contribution in [3.63, 3.8) is 0 Å². The summed E-state index contributed by atoms with van der Waals surface area (Å²) < 4.78 is 18.4. The average Bonchev–Trinajstić information content (AvgIpc) is 3.05. The standard InChI is InChI=1S/C20H19FN2O4S/c1-11-12(2)27-13(3)17(11)18(24)22-8-9-23-19(25)16(28-20(23)26)10-14-4-6-15(21)7-5-14/h4-7,10H,8-9H2,1-3H3,(H,22,24)/b16-10-. The van der Waals surface area contributed by atoms with E-state index in [9.17, 15) is 18.8 Å². The average molecular weight is 402 g/mol. The molecule has 1 aliphatic rings. The molecule has 1 aromatic carbocycles. The summed E-state index contributed by atoms with van der Waals surface area (Å²) in [5.74, 6) is 0.0977. The second-order valence-electron chi connectivity index (χ2n) is 6.36. The van der Waals surface area contributed by atoms with Crippen molar-refractivity contribution in [1.29, 1.82) is 0 Å². The molecule has 3 amide bonds. The fourth-order valence-corrected chi connectivity index (χ4v) is 3.77. The summed E-state index contributed by atoms with van der Waals surface area (Å²) in [6.45, 7) is 5.49. The molecule has 0 spiro atoms. The predicted molar refractivity (Wildman–Crippen MR) is 104 cm³/mol. The number of furan rings is 1. The van der Waals surface area contributed by atoms with Gasteiger partial charge in [0.2, 0.25) is 0 Å². The molecule has 2 aromatic rings.